The van der Waals surface area contributed by atoms with Crippen molar-refractivity contribution < 1.29 is 19.1 Å². The minimum absolute atomic E-state index is 0.103. The Bertz CT molecular complexity index is 862. The van der Waals surface area contributed by atoms with Gasteiger partial charge in [-0.15, -0.1) is 0 Å². The first-order chi connectivity index (χ1) is 14.1. The maximum Gasteiger partial charge on any atom is 0.244 e. The minimum atomic E-state index is -0.353. The molecule has 0 aliphatic rings. The summed E-state index contributed by atoms with van der Waals surface area (Å²) >= 11 is 0. The molecule has 2 N–H and O–H groups in total. The number of hydrogen-bond acceptors (Lipinski definition) is 4. The molecule has 29 heavy (non-hydrogen) atoms. The number of anilines is 1. The van der Waals surface area contributed by atoms with Crippen LogP contribution in [0, 0.1) is 0 Å². The van der Waals surface area contributed by atoms with Crippen LogP contribution in [0.4, 0.5) is 5.69 Å². The zero-order chi connectivity index (χ0) is 21.1. The average molecular weight is 396 g/mol. The highest BCUT2D eigenvalue weighted by Gasteiger charge is 2.07. The summed E-state index contributed by atoms with van der Waals surface area (Å²) in [6.45, 7) is 4.56. The van der Waals surface area contributed by atoms with Crippen molar-refractivity contribution in [2.45, 2.75) is 26.7 Å². The van der Waals surface area contributed by atoms with Gasteiger partial charge in [0, 0.05) is 11.8 Å². The molecule has 0 atom stereocenters. The number of aryl methyl sites for hydroxylation is 1. The van der Waals surface area contributed by atoms with Gasteiger partial charge in [-0.1, -0.05) is 38.1 Å². The van der Waals surface area contributed by atoms with Crippen molar-refractivity contribution in [3.8, 4) is 11.5 Å². The van der Waals surface area contributed by atoms with Crippen LogP contribution in [0.5, 0.6) is 11.5 Å². The van der Waals surface area contributed by atoms with Crippen LogP contribution in [-0.4, -0.2) is 32.1 Å². The molecule has 0 aliphatic heterocycles. The van der Waals surface area contributed by atoms with Gasteiger partial charge in [0.25, 0.3) is 0 Å². The molecule has 2 aromatic carbocycles. The third-order valence-corrected chi connectivity index (χ3v) is 4.17. The Balaban J connectivity index is 1.88. The van der Waals surface area contributed by atoms with E-state index >= 15 is 0 Å². The summed E-state index contributed by atoms with van der Waals surface area (Å²) in [6, 6.07) is 13.0. The lowest BCUT2D eigenvalue weighted by atomic mass is 10.1. The highest BCUT2D eigenvalue weighted by atomic mass is 16.5. The molecule has 0 radical (unpaired) electrons. The maximum absolute atomic E-state index is 12.1. The number of hydrogen-bond donors (Lipinski definition) is 2. The molecule has 0 heterocycles. The highest BCUT2D eigenvalue weighted by Crippen LogP contribution is 2.28. The number of carbonyl (C=O) groups is 2. The number of amides is 2. The number of para-hydroxylation sites is 1. The number of nitrogens with one attached hydrogen (secondary N) is 2. The van der Waals surface area contributed by atoms with Gasteiger partial charge in [0.2, 0.25) is 11.8 Å². The quantitative estimate of drug-likeness (QED) is 0.599. The lowest BCUT2D eigenvalue weighted by Crippen LogP contribution is -2.31. The summed E-state index contributed by atoms with van der Waals surface area (Å²) < 4.78 is 10.9. The van der Waals surface area contributed by atoms with Gasteiger partial charge in [-0.05, 0) is 48.2 Å². The number of ether oxygens (including phenoxy) is 2. The fraction of sp³-hybridized carbons (Fsp3) is 0.304. The second-order valence-corrected chi connectivity index (χ2v) is 6.37. The molecule has 6 nitrogen and oxygen atoms in total. The standard InChI is InChI=1S/C23H28N2O4/c1-4-14-29-20-12-10-17(15-21(20)28-3)11-13-22(26)24-16-23(27)25-19-9-7-6-8-18(19)5-2/h6-13,15H,4-5,14,16H2,1-3H3,(H,24,26)(H,25,27)/b13-11+. The average Bonchev–Trinajstić information content (AvgIpc) is 2.75. The van der Waals surface area contributed by atoms with E-state index < -0.39 is 0 Å². The summed E-state index contributed by atoms with van der Waals surface area (Å²) in [4.78, 5) is 24.1. The summed E-state index contributed by atoms with van der Waals surface area (Å²) in [6.07, 6.45) is 4.76. The largest absolute Gasteiger partial charge is 0.493 e. The molecule has 0 saturated heterocycles. The van der Waals surface area contributed by atoms with Gasteiger partial charge in [-0.3, -0.25) is 9.59 Å². The summed E-state index contributed by atoms with van der Waals surface area (Å²) in [5.74, 6) is 0.649. The molecular weight excluding hydrogens is 368 g/mol. The predicted molar refractivity (Wildman–Crippen MR) is 115 cm³/mol. The first-order valence-electron chi connectivity index (χ1n) is 9.71. The van der Waals surface area contributed by atoms with Gasteiger partial charge in [0.05, 0.1) is 20.3 Å². The van der Waals surface area contributed by atoms with Crippen molar-refractivity contribution in [1.82, 2.24) is 5.32 Å². The molecule has 0 spiro atoms. The van der Waals surface area contributed by atoms with Crippen LogP contribution in [0.3, 0.4) is 0 Å². The highest BCUT2D eigenvalue weighted by molar-refractivity contribution is 5.98. The molecule has 0 saturated carbocycles. The molecule has 2 aromatic rings. The van der Waals surface area contributed by atoms with Crippen molar-refractivity contribution in [3.63, 3.8) is 0 Å². The summed E-state index contributed by atoms with van der Waals surface area (Å²) in [5.41, 5.74) is 2.61. The van der Waals surface area contributed by atoms with Crippen LogP contribution in [-0.2, 0) is 16.0 Å². The van der Waals surface area contributed by atoms with Crippen LogP contribution in [0.25, 0.3) is 6.08 Å². The molecule has 0 bridgehead atoms. The normalized spacial score (nSPS) is 10.6. The van der Waals surface area contributed by atoms with Crippen molar-refractivity contribution in [3.05, 3.63) is 59.7 Å². The fourth-order valence-electron chi connectivity index (χ4n) is 2.66. The Morgan fingerprint density at radius 1 is 1.07 bits per heavy atom. The van der Waals surface area contributed by atoms with Crippen LogP contribution >= 0.6 is 0 Å². The Morgan fingerprint density at radius 2 is 1.86 bits per heavy atom. The van der Waals surface area contributed by atoms with Gasteiger partial charge in [-0.25, -0.2) is 0 Å². The van der Waals surface area contributed by atoms with Gasteiger partial charge in [-0.2, -0.15) is 0 Å². The number of methoxy groups -OCH3 is 1. The Hall–Kier alpha value is -3.28. The van der Waals surface area contributed by atoms with Crippen molar-refractivity contribution in [2.75, 3.05) is 25.6 Å². The van der Waals surface area contributed by atoms with Crippen LogP contribution in [0.15, 0.2) is 48.5 Å². The van der Waals surface area contributed by atoms with Gasteiger partial charge in [0.15, 0.2) is 11.5 Å². The van der Waals surface area contributed by atoms with E-state index in [2.05, 4.69) is 10.6 Å². The van der Waals surface area contributed by atoms with Crippen LogP contribution in [0.1, 0.15) is 31.4 Å². The molecule has 154 valence electrons. The monoisotopic (exact) mass is 396 g/mol. The molecule has 0 aliphatic carbocycles. The number of rotatable bonds is 10. The zero-order valence-electron chi connectivity index (χ0n) is 17.2. The number of benzene rings is 2. The van der Waals surface area contributed by atoms with E-state index in [-0.39, 0.29) is 18.4 Å². The smallest absolute Gasteiger partial charge is 0.244 e. The van der Waals surface area contributed by atoms with Crippen molar-refractivity contribution in [1.29, 1.82) is 0 Å². The summed E-state index contributed by atoms with van der Waals surface area (Å²) in [5, 5.41) is 5.41. The second kappa shape index (κ2) is 11.5. The second-order valence-electron chi connectivity index (χ2n) is 6.37. The first-order valence-corrected chi connectivity index (χ1v) is 9.71. The Labute approximate surface area is 171 Å². The van der Waals surface area contributed by atoms with Gasteiger partial charge >= 0.3 is 0 Å². The lowest BCUT2D eigenvalue weighted by molar-refractivity contribution is -0.121. The minimum Gasteiger partial charge on any atom is -0.493 e. The molecule has 2 amide bonds. The van der Waals surface area contributed by atoms with E-state index in [1.54, 1.807) is 19.3 Å². The van der Waals surface area contributed by atoms with E-state index in [0.717, 1.165) is 29.7 Å². The zero-order valence-corrected chi connectivity index (χ0v) is 17.2. The van der Waals surface area contributed by atoms with E-state index in [4.69, 9.17) is 9.47 Å². The number of carbonyl (C=O) groups excluding carboxylic acids is 2. The van der Waals surface area contributed by atoms with Crippen molar-refractivity contribution >= 4 is 23.6 Å². The topological polar surface area (TPSA) is 76.7 Å². The maximum atomic E-state index is 12.1. The van der Waals surface area contributed by atoms with E-state index in [9.17, 15) is 9.59 Å². The lowest BCUT2D eigenvalue weighted by Gasteiger charge is -2.10. The summed E-state index contributed by atoms with van der Waals surface area (Å²) in [7, 11) is 1.57. The predicted octanol–water partition coefficient (Wildman–Crippen LogP) is 3.81. The third kappa shape index (κ3) is 6.99. The first kappa shape index (κ1) is 22.0. The van der Waals surface area contributed by atoms with Crippen molar-refractivity contribution in [2.24, 2.45) is 0 Å². The fourth-order valence-corrected chi connectivity index (χ4v) is 2.66. The molecular formula is C23H28N2O4. The van der Waals surface area contributed by atoms with Crippen LogP contribution < -0.4 is 20.1 Å². The molecule has 2 rings (SSSR count). The van der Waals surface area contributed by atoms with E-state index in [1.165, 1.54) is 6.08 Å². The SMILES string of the molecule is CCCOc1ccc(/C=C/C(=O)NCC(=O)Nc2ccccc2CC)cc1OC. The Kier molecular flexibility index (Phi) is 8.76. The van der Waals surface area contributed by atoms with Crippen LogP contribution in [0.2, 0.25) is 0 Å². The Morgan fingerprint density at radius 3 is 2.59 bits per heavy atom. The van der Waals surface area contributed by atoms with E-state index in [1.807, 2.05) is 50.2 Å². The van der Waals surface area contributed by atoms with E-state index in [0.29, 0.717) is 18.1 Å². The molecule has 0 unspecified atom stereocenters. The molecule has 0 aromatic heterocycles. The molecule has 0 fully saturated rings. The van der Waals surface area contributed by atoms with Gasteiger partial charge < -0.3 is 20.1 Å². The molecule has 6 heteroatoms. The third-order valence-electron chi connectivity index (χ3n) is 4.17. The van der Waals surface area contributed by atoms with Gasteiger partial charge in [0.1, 0.15) is 0 Å².